The molecular weight excluding hydrogens is 273 g/mol. The van der Waals surface area contributed by atoms with Crippen LogP contribution < -0.4 is 10.6 Å². The fourth-order valence-electron chi connectivity index (χ4n) is 1.91. The summed E-state index contributed by atoms with van der Waals surface area (Å²) in [5.74, 6) is 0.134. The van der Waals surface area contributed by atoms with Crippen molar-refractivity contribution in [1.29, 1.82) is 0 Å². The van der Waals surface area contributed by atoms with E-state index < -0.39 is 0 Å². The van der Waals surface area contributed by atoms with Crippen LogP contribution in [-0.2, 0) is 11.3 Å². The van der Waals surface area contributed by atoms with Crippen molar-refractivity contribution in [2.24, 2.45) is 5.41 Å². The van der Waals surface area contributed by atoms with Crippen molar-refractivity contribution in [2.75, 3.05) is 13.1 Å². The summed E-state index contributed by atoms with van der Waals surface area (Å²) in [6.45, 7) is 4.29. The van der Waals surface area contributed by atoms with Gasteiger partial charge in [-0.1, -0.05) is 0 Å². The van der Waals surface area contributed by atoms with Crippen molar-refractivity contribution in [3.8, 4) is 0 Å². The van der Waals surface area contributed by atoms with Gasteiger partial charge >= 0.3 is 0 Å². The minimum atomic E-state index is -0.243. The summed E-state index contributed by atoms with van der Waals surface area (Å²) in [6.07, 6.45) is 4.38. The second kappa shape index (κ2) is 7.56. The molecule has 4 nitrogen and oxygen atoms in total. The first-order chi connectivity index (χ1) is 7.71. The molecule has 1 aromatic heterocycles. The zero-order chi connectivity index (χ0) is 11.4. The molecule has 1 unspecified atom stereocenters. The predicted octanol–water partition coefficient (Wildman–Crippen LogP) is 1.54. The highest BCUT2D eigenvalue weighted by Gasteiger charge is 2.35. The van der Waals surface area contributed by atoms with Crippen molar-refractivity contribution in [2.45, 2.75) is 19.9 Å². The van der Waals surface area contributed by atoms with Crippen LogP contribution >= 0.6 is 24.8 Å². The Bertz CT molecular complexity index is 367. The molecule has 1 atom stereocenters. The molecule has 2 rings (SSSR count). The molecule has 18 heavy (non-hydrogen) atoms. The Balaban J connectivity index is 0.00000144. The van der Waals surface area contributed by atoms with Gasteiger partial charge in [-0.05, 0) is 37.6 Å². The first-order valence-corrected chi connectivity index (χ1v) is 5.59. The highest BCUT2D eigenvalue weighted by molar-refractivity contribution is 5.85. The molecule has 1 aliphatic heterocycles. The molecule has 0 bridgehead atoms. The summed E-state index contributed by atoms with van der Waals surface area (Å²) in [7, 11) is 0. The average molecular weight is 292 g/mol. The monoisotopic (exact) mass is 291 g/mol. The number of hydrogen-bond donors (Lipinski definition) is 2. The van der Waals surface area contributed by atoms with Gasteiger partial charge in [0.25, 0.3) is 0 Å². The van der Waals surface area contributed by atoms with Gasteiger partial charge in [-0.25, -0.2) is 0 Å². The quantitative estimate of drug-likeness (QED) is 0.888. The molecule has 102 valence electrons. The van der Waals surface area contributed by atoms with Gasteiger partial charge in [0.1, 0.15) is 0 Å². The molecule has 1 saturated heterocycles. The normalized spacial score (nSPS) is 21.6. The van der Waals surface area contributed by atoms with Crippen molar-refractivity contribution < 1.29 is 4.79 Å². The van der Waals surface area contributed by atoms with Crippen molar-refractivity contribution in [3.05, 3.63) is 30.1 Å². The molecule has 0 aliphatic carbocycles. The van der Waals surface area contributed by atoms with Gasteiger partial charge in [0.05, 0.1) is 5.41 Å². The standard InChI is InChI=1S/C12H17N3O.2ClH/c1-12(4-7-14-9-12)11(16)15-8-10-2-5-13-6-3-10;;/h2-3,5-6,14H,4,7-9H2,1H3,(H,15,16);2*1H. The van der Waals surface area contributed by atoms with E-state index in [-0.39, 0.29) is 36.1 Å². The molecule has 0 radical (unpaired) electrons. The maximum absolute atomic E-state index is 12.0. The molecule has 1 amide bonds. The predicted molar refractivity (Wildman–Crippen MR) is 76.2 cm³/mol. The van der Waals surface area contributed by atoms with E-state index in [1.807, 2.05) is 19.1 Å². The number of carbonyl (C=O) groups is 1. The lowest BCUT2D eigenvalue weighted by Crippen LogP contribution is -2.39. The maximum Gasteiger partial charge on any atom is 0.227 e. The summed E-state index contributed by atoms with van der Waals surface area (Å²) in [6, 6.07) is 3.82. The lowest BCUT2D eigenvalue weighted by atomic mass is 9.89. The van der Waals surface area contributed by atoms with E-state index in [4.69, 9.17) is 0 Å². The zero-order valence-corrected chi connectivity index (χ0v) is 11.9. The van der Waals surface area contributed by atoms with Crippen LogP contribution in [0.5, 0.6) is 0 Å². The van der Waals surface area contributed by atoms with Crippen LogP contribution in [0.15, 0.2) is 24.5 Å². The lowest BCUT2D eigenvalue weighted by molar-refractivity contribution is -0.129. The van der Waals surface area contributed by atoms with Crippen LogP contribution in [0, 0.1) is 5.41 Å². The van der Waals surface area contributed by atoms with E-state index in [0.29, 0.717) is 6.54 Å². The highest BCUT2D eigenvalue weighted by atomic mass is 35.5. The van der Waals surface area contributed by atoms with Crippen LogP contribution in [0.2, 0.25) is 0 Å². The van der Waals surface area contributed by atoms with Gasteiger partial charge in [0, 0.05) is 25.5 Å². The number of pyridine rings is 1. The van der Waals surface area contributed by atoms with Crippen LogP contribution in [0.1, 0.15) is 18.9 Å². The number of amides is 1. The first-order valence-electron chi connectivity index (χ1n) is 5.59. The minimum Gasteiger partial charge on any atom is -0.352 e. The van der Waals surface area contributed by atoms with E-state index in [9.17, 15) is 4.79 Å². The second-order valence-corrected chi connectivity index (χ2v) is 4.53. The minimum absolute atomic E-state index is 0. The SMILES string of the molecule is CC1(C(=O)NCc2ccncc2)CCNC1.Cl.Cl. The first kappa shape index (κ1) is 17.2. The molecule has 2 N–H and O–H groups in total. The Morgan fingerprint density at radius 3 is 2.67 bits per heavy atom. The Morgan fingerprint density at radius 2 is 2.11 bits per heavy atom. The third-order valence-electron chi connectivity index (χ3n) is 3.12. The third kappa shape index (κ3) is 4.12. The molecule has 0 aromatic carbocycles. The Labute approximate surface area is 120 Å². The number of rotatable bonds is 3. The fraction of sp³-hybridized carbons (Fsp3) is 0.500. The summed E-state index contributed by atoms with van der Waals surface area (Å²) in [4.78, 5) is 15.9. The molecular formula is C12H19Cl2N3O. The van der Waals surface area contributed by atoms with Crippen LogP contribution in [0.4, 0.5) is 0 Å². The van der Waals surface area contributed by atoms with E-state index in [2.05, 4.69) is 15.6 Å². The van der Waals surface area contributed by atoms with Crippen LogP contribution in [0.3, 0.4) is 0 Å². The number of hydrogen-bond acceptors (Lipinski definition) is 3. The molecule has 0 spiro atoms. The highest BCUT2D eigenvalue weighted by Crippen LogP contribution is 2.24. The fourth-order valence-corrected chi connectivity index (χ4v) is 1.91. The van der Waals surface area contributed by atoms with Gasteiger partial charge in [-0.15, -0.1) is 24.8 Å². The van der Waals surface area contributed by atoms with Gasteiger partial charge in [-0.3, -0.25) is 9.78 Å². The summed E-state index contributed by atoms with van der Waals surface area (Å²) >= 11 is 0. The van der Waals surface area contributed by atoms with Gasteiger partial charge in [0.15, 0.2) is 0 Å². The Hall–Kier alpha value is -0.840. The van der Waals surface area contributed by atoms with E-state index in [1.165, 1.54) is 0 Å². The van der Waals surface area contributed by atoms with Crippen molar-refractivity contribution in [1.82, 2.24) is 15.6 Å². The summed E-state index contributed by atoms with van der Waals surface area (Å²) < 4.78 is 0. The summed E-state index contributed by atoms with van der Waals surface area (Å²) in [5.41, 5.74) is 0.838. The van der Waals surface area contributed by atoms with Crippen molar-refractivity contribution in [3.63, 3.8) is 0 Å². The molecule has 2 heterocycles. The lowest BCUT2D eigenvalue weighted by Gasteiger charge is -2.21. The zero-order valence-electron chi connectivity index (χ0n) is 10.3. The number of carbonyl (C=O) groups excluding carboxylic acids is 1. The maximum atomic E-state index is 12.0. The number of halogens is 2. The molecule has 0 saturated carbocycles. The topological polar surface area (TPSA) is 54.0 Å². The molecule has 1 fully saturated rings. The van der Waals surface area contributed by atoms with E-state index in [0.717, 1.165) is 25.1 Å². The third-order valence-corrected chi connectivity index (χ3v) is 3.12. The number of nitrogens with one attached hydrogen (secondary N) is 2. The summed E-state index contributed by atoms with van der Waals surface area (Å²) in [5, 5.41) is 6.20. The number of nitrogens with zero attached hydrogens (tertiary/aromatic N) is 1. The molecule has 6 heteroatoms. The second-order valence-electron chi connectivity index (χ2n) is 4.53. The van der Waals surface area contributed by atoms with E-state index >= 15 is 0 Å². The van der Waals surface area contributed by atoms with E-state index in [1.54, 1.807) is 12.4 Å². The average Bonchev–Trinajstić information content (AvgIpc) is 2.76. The van der Waals surface area contributed by atoms with Gasteiger partial charge < -0.3 is 10.6 Å². The van der Waals surface area contributed by atoms with Gasteiger partial charge in [-0.2, -0.15) is 0 Å². The largest absolute Gasteiger partial charge is 0.352 e. The Kier molecular flexibility index (Phi) is 7.21. The van der Waals surface area contributed by atoms with Crippen molar-refractivity contribution >= 4 is 30.7 Å². The molecule has 1 aromatic rings. The smallest absolute Gasteiger partial charge is 0.227 e. The van der Waals surface area contributed by atoms with Crippen LogP contribution in [-0.4, -0.2) is 24.0 Å². The Morgan fingerprint density at radius 1 is 1.44 bits per heavy atom. The van der Waals surface area contributed by atoms with Gasteiger partial charge in [0.2, 0.25) is 5.91 Å². The van der Waals surface area contributed by atoms with Crippen LogP contribution in [0.25, 0.3) is 0 Å². The number of aromatic nitrogens is 1. The molecule has 1 aliphatic rings.